The van der Waals surface area contributed by atoms with Crippen LogP contribution in [0.2, 0.25) is 0 Å². The average Bonchev–Trinajstić information content (AvgIpc) is 4.14. The van der Waals surface area contributed by atoms with E-state index in [2.05, 4.69) is 299 Å². The second-order valence-corrected chi connectivity index (χ2v) is 21.9. The standard InChI is InChI=1S/C78H47N3/c1-3-20-48(21-4-1)65-47-67-56-28-9-10-31-62(56)77-76(63-32-13-17-36-71(63)80(77)52-23-5-2-6-24-52)74(67)61-43-40-50(44-66(61)65)51-39-41-57-60-42-38-49-22-7-8-27-55(49)73(60)75-64-33-14-18-37-72(64)81(78(75)68(57)45-51)54-26-19-25-53(46-54)79-69-34-15-11-29-58(69)59-30-12-16-35-70(59)79/h1-47H. The molecular formula is C78H47N3. The quantitative estimate of drug-likeness (QED) is 0.153. The van der Waals surface area contributed by atoms with E-state index < -0.39 is 0 Å². The molecule has 0 aliphatic carbocycles. The molecule has 18 rings (SSSR count). The van der Waals surface area contributed by atoms with Gasteiger partial charge in [0.05, 0.1) is 33.1 Å². The predicted octanol–water partition coefficient (Wildman–Crippen LogP) is 21.2. The number of benzene rings is 15. The van der Waals surface area contributed by atoms with Gasteiger partial charge in [-0.05, 0) is 138 Å². The van der Waals surface area contributed by atoms with Gasteiger partial charge in [0.15, 0.2) is 0 Å². The van der Waals surface area contributed by atoms with Gasteiger partial charge in [-0.2, -0.15) is 0 Å². The number of nitrogens with zero attached hydrogens (tertiary/aromatic N) is 3. The van der Waals surface area contributed by atoms with Crippen LogP contribution in [0, 0.1) is 0 Å². The summed E-state index contributed by atoms with van der Waals surface area (Å²) >= 11 is 0. The topological polar surface area (TPSA) is 14.8 Å². The Morgan fingerprint density at radius 2 is 0.617 bits per heavy atom. The van der Waals surface area contributed by atoms with Crippen molar-refractivity contribution in [3.05, 3.63) is 285 Å². The van der Waals surface area contributed by atoms with Crippen LogP contribution in [-0.2, 0) is 0 Å². The van der Waals surface area contributed by atoms with Crippen LogP contribution in [0.4, 0.5) is 0 Å². The van der Waals surface area contributed by atoms with E-state index in [1.54, 1.807) is 0 Å². The third-order valence-corrected chi connectivity index (χ3v) is 17.7. The third kappa shape index (κ3) is 6.23. The lowest BCUT2D eigenvalue weighted by Gasteiger charge is -2.18. The second-order valence-electron chi connectivity index (χ2n) is 21.9. The number of rotatable bonds is 5. The number of hydrogen-bond donors (Lipinski definition) is 0. The molecule has 81 heavy (non-hydrogen) atoms. The largest absolute Gasteiger partial charge is 0.309 e. The Hall–Kier alpha value is -10.7. The van der Waals surface area contributed by atoms with E-state index in [0.29, 0.717) is 0 Å². The van der Waals surface area contributed by atoms with Gasteiger partial charge in [-0.25, -0.2) is 0 Å². The van der Waals surface area contributed by atoms with E-state index in [-0.39, 0.29) is 0 Å². The van der Waals surface area contributed by atoms with Crippen molar-refractivity contribution in [3.8, 4) is 39.3 Å². The van der Waals surface area contributed by atoms with Gasteiger partial charge in [-0.15, -0.1) is 0 Å². The fourth-order valence-electron chi connectivity index (χ4n) is 14.4. The van der Waals surface area contributed by atoms with Gasteiger partial charge in [0, 0.05) is 70.9 Å². The van der Waals surface area contributed by atoms with E-state index in [0.717, 1.165) is 17.1 Å². The Morgan fingerprint density at radius 1 is 0.185 bits per heavy atom. The predicted molar refractivity (Wildman–Crippen MR) is 345 cm³/mol. The summed E-state index contributed by atoms with van der Waals surface area (Å²) in [4.78, 5) is 0. The maximum absolute atomic E-state index is 2.55. The highest BCUT2D eigenvalue weighted by Crippen LogP contribution is 2.50. The molecule has 18 aromatic rings. The Balaban J connectivity index is 0.946. The minimum atomic E-state index is 1.12. The van der Waals surface area contributed by atoms with E-state index >= 15 is 0 Å². The van der Waals surface area contributed by atoms with Gasteiger partial charge in [0.25, 0.3) is 0 Å². The first kappa shape index (κ1) is 44.3. The molecule has 0 fully saturated rings. The molecule has 15 aromatic carbocycles. The van der Waals surface area contributed by atoms with E-state index in [4.69, 9.17) is 0 Å². The minimum Gasteiger partial charge on any atom is -0.309 e. The summed E-state index contributed by atoms with van der Waals surface area (Å²) in [5, 5.41) is 22.5. The van der Waals surface area contributed by atoms with Gasteiger partial charge >= 0.3 is 0 Å². The van der Waals surface area contributed by atoms with Crippen molar-refractivity contribution < 1.29 is 0 Å². The third-order valence-electron chi connectivity index (χ3n) is 17.7. The van der Waals surface area contributed by atoms with Crippen LogP contribution >= 0.6 is 0 Å². The molecule has 374 valence electrons. The Morgan fingerprint density at radius 3 is 1.28 bits per heavy atom. The number of hydrogen-bond acceptors (Lipinski definition) is 0. The molecule has 0 amide bonds. The highest BCUT2D eigenvalue weighted by atomic mass is 15.0. The number of para-hydroxylation sites is 5. The minimum absolute atomic E-state index is 1.12. The van der Waals surface area contributed by atoms with Crippen LogP contribution in [0.25, 0.3) is 169 Å². The zero-order valence-corrected chi connectivity index (χ0v) is 44.0. The molecule has 0 radical (unpaired) electrons. The summed E-state index contributed by atoms with van der Waals surface area (Å²) in [6.45, 7) is 0. The zero-order valence-electron chi connectivity index (χ0n) is 44.0. The normalized spacial score (nSPS) is 12.2. The highest BCUT2D eigenvalue weighted by molar-refractivity contribution is 6.39. The molecule has 3 nitrogen and oxygen atoms in total. The molecule has 0 unspecified atom stereocenters. The monoisotopic (exact) mass is 1030 g/mol. The summed E-state index contributed by atoms with van der Waals surface area (Å²) in [6, 6.07) is 106. The first-order valence-corrected chi connectivity index (χ1v) is 28.1. The van der Waals surface area contributed by atoms with Gasteiger partial charge < -0.3 is 13.7 Å². The lowest BCUT2D eigenvalue weighted by atomic mass is 9.86. The molecule has 3 heterocycles. The zero-order chi connectivity index (χ0) is 52.9. The molecule has 3 aromatic heterocycles. The van der Waals surface area contributed by atoms with Crippen LogP contribution in [0.1, 0.15) is 0 Å². The summed E-state index contributed by atoms with van der Waals surface area (Å²) in [5.74, 6) is 0. The van der Waals surface area contributed by atoms with Crippen molar-refractivity contribution in [2.24, 2.45) is 0 Å². The summed E-state index contributed by atoms with van der Waals surface area (Å²) in [5.41, 5.74) is 15.4. The second kappa shape index (κ2) is 16.9. The van der Waals surface area contributed by atoms with E-state index in [1.807, 2.05) is 0 Å². The summed E-state index contributed by atoms with van der Waals surface area (Å²) in [6.07, 6.45) is 0. The van der Waals surface area contributed by atoms with Crippen LogP contribution in [0.3, 0.4) is 0 Å². The van der Waals surface area contributed by atoms with Crippen LogP contribution in [0.15, 0.2) is 285 Å². The Kier molecular flexibility index (Phi) is 9.23. The van der Waals surface area contributed by atoms with Crippen molar-refractivity contribution in [1.82, 2.24) is 13.7 Å². The van der Waals surface area contributed by atoms with Crippen molar-refractivity contribution >= 4 is 130 Å². The summed E-state index contributed by atoms with van der Waals surface area (Å²) in [7, 11) is 0. The van der Waals surface area contributed by atoms with Crippen molar-refractivity contribution in [2.75, 3.05) is 0 Å². The van der Waals surface area contributed by atoms with Crippen molar-refractivity contribution in [1.29, 1.82) is 0 Å². The van der Waals surface area contributed by atoms with Gasteiger partial charge in [0.1, 0.15) is 0 Å². The molecule has 0 atom stereocenters. The van der Waals surface area contributed by atoms with Crippen molar-refractivity contribution in [2.45, 2.75) is 0 Å². The molecule has 0 bridgehead atoms. The SMILES string of the molecule is c1ccc(-c2cc3c4ccccc4c4c(c5ccccc5n4-c4ccccc4)c3c3ccc(-c4ccc5c6ccc7ccccc7c6c6c7ccccc7n(-c7cccc(-n8c9ccccc9c9ccccc98)c7)c6c5c4)cc23)cc1. The Bertz CT molecular complexity index is 5650. The fraction of sp³-hybridized carbons (Fsp3) is 0. The summed E-state index contributed by atoms with van der Waals surface area (Å²) < 4.78 is 7.47. The van der Waals surface area contributed by atoms with Gasteiger partial charge in [0.2, 0.25) is 0 Å². The Labute approximate surface area is 465 Å². The smallest absolute Gasteiger partial charge is 0.0626 e. The fourth-order valence-corrected chi connectivity index (χ4v) is 14.4. The lowest BCUT2D eigenvalue weighted by molar-refractivity contribution is 1.14. The van der Waals surface area contributed by atoms with Gasteiger partial charge in [-0.1, -0.05) is 212 Å². The van der Waals surface area contributed by atoms with Crippen LogP contribution in [-0.4, -0.2) is 13.7 Å². The maximum Gasteiger partial charge on any atom is 0.0626 e. The average molecular weight is 1030 g/mol. The molecule has 0 saturated heterocycles. The molecule has 0 aliphatic rings. The van der Waals surface area contributed by atoms with Crippen LogP contribution < -0.4 is 0 Å². The van der Waals surface area contributed by atoms with Gasteiger partial charge in [-0.3, -0.25) is 0 Å². The molecule has 3 heteroatoms. The maximum atomic E-state index is 2.55. The first-order chi connectivity index (χ1) is 40.2. The number of aromatic nitrogens is 3. The molecule has 0 aliphatic heterocycles. The highest BCUT2D eigenvalue weighted by Gasteiger charge is 2.25. The molecule has 0 N–H and O–H groups in total. The van der Waals surface area contributed by atoms with E-state index in [9.17, 15) is 0 Å². The first-order valence-electron chi connectivity index (χ1n) is 28.1. The molecular weight excluding hydrogens is 979 g/mol. The number of fused-ring (bicyclic) bond motifs is 23. The lowest BCUT2D eigenvalue weighted by Crippen LogP contribution is -1.99. The molecule has 0 saturated carbocycles. The van der Waals surface area contributed by atoms with E-state index in [1.165, 1.54) is 152 Å². The molecule has 0 spiro atoms. The van der Waals surface area contributed by atoms with Crippen molar-refractivity contribution in [3.63, 3.8) is 0 Å². The van der Waals surface area contributed by atoms with Crippen LogP contribution in [0.5, 0.6) is 0 Å².